The van der Waals surface area contributed by atoms with Gasteiger partial charge in [0, 0.05) is 7.11 Å². The molecule has 0 radical (unpaired) electrons. The van der Waals surface area contributed by atoms with E-state index in [0.717, 1.165) is 0 Å². The van der Waals surface area contributed by atoms with Gasteiger partial charge >= 0.3 is 5.97 Å². The standard InChI is InChI=1S/C11H13FO3/c1-15-7-9(11(13)14)5-8-3-2-4-10(12)6-8/h2-4,6,9H,5,7H2,1H3,(H,13,14). The molecule has 0 aliphatic carbocycles. The van der Waals surface area contributed by atoms with E-state index in [1.165, 1.54) is 19.2 Å². The first-order valence-corrected chi connectivity index (χ1v) is 4.59. The van der Waals surface area contributed by atoms with Crippen LogP contribution in [-0.2, 0) is 16.0 Å². The molecule has 0 aliphatic heterocycles. The fraction of sp³-hybridized carbons (Fsp3) is 0.364. The summed E-state index contributed by atoms with van der Waals surface area (Å²) in [5, 5.41) is 8.86. The van der Waals surface area contributed by atoms with Gasteiger partial charge in [-0.3, -0.25) is 4.79 Å². The Labute approximate surface area is 87.5 Å². The first-order valence-electron chi connectivity index (χ1n) is 4.59. The fourth-order valence-electron chi connectivity index (χ4n) is 1.37. The van der Waals surface area contributed by atoms with Crippen LogP contribution in [-0.4, -0.2) is 24.8 Å². The molecule has 0 spiro atoms. The predicted molar refractivity (Wildman–Crippen MR) is 53.1 cm³/mol. The minimum Gasteiger partial charge on any atom is -0.481 e. The van der Waals surface area contributed by atoms with Crippen molar-refractivity contribution in [1.29, 1.82) is 0 Å². The van der Waals surface area contributed by atoms with E-state index in [1.54, 1.807) is 12.1 Å². The lowest BCUT2D eigenvalue weighted by Gasteiger charge is -2.10. The third-order valence-electron chi connectivity index (χ3n) is 2.09. The maximum Gasteiger partial charge on any atom is 0.309 e. The smallest absolute Gasteiger partial charge is 0.309 e. The second kappa shape index (κ2) is 5.46. The minimum absolute atomic E-state index is 0.131. The average Bonchev–Trinajstić information content (AvgIpc) is 2.17. The van der Waals surface area contributed by atoms with Gasteiger partial charge in [0.1, 0.15) is 5.82 Å². The van der Waals surface area contributed by atoms with Gasteiger partial charge in [-0.2, -0.15) is 0 Å². The highest BCUT2D eigenvalue weighted by molar-refractivity contribution is 5.70. The summed E-state index contributed by atoms with van der Waals surface area (Å²) < 4.78 is 17.6. The molecule has 0 amide bonds. The zero-order valence-corrected chi connectivity index (χ0v) is 8.44. The molecule has 0 saturated carbocycles. The summed E-state index contributed by atoms with van der Waals surface area (Å²) in [5.41, 5.74) is 0.666. The van der Waals surface area contributed by atoms with Gasteiger partial charge in [-0.15, -0.1) is 0 Å². The normalized spacial score (nSPS) is 12.4. The van der Waals surface area contributed by atoms with E-state index in [9.17, 15) is 9.18 Å². The maximum atomic E-state index is 12.8. The van der Waals surface area contributed by atoms with Gasteiger partial charge in [-0.25, -0.2) is 4.39 Å². The molecule has 0 saturated heterocycles. The number of aliphatic carboxylic acids is 1. The van der Waals surface area contributed by atoms with Gasteiger partial charge in [-0.1, -0.05) is 12.1 Å². The van der Waals surface area contributed by atoms with Crippen molar-refractivity contribution in [2.24, 2.45) is 5.92 Å². The molecule has 1 atom stereocenters. The Hall–Kier alpha value is -1.42. The second-order valence-electron chi connectivity index (χ2n) is 3.32. The number of rotatable bonds is 5. The van der Waals surface area contributed by atoms with Crippen molar-refractivity contribution >= 4 is 5.97 Å². The summed E-state index contributed by atoms with van der Waals surface area (Å²) in [6.07, 6.45) is 0.279. The first-order chi connectivity index (χ1) is 7.13. The van der Waals surface area contributed by atoms with Crippen molar-refractivity contribution in [3.05, 3.63) is 35.6 Å². The number of carbonyl (C=O) groups is 1. The van der Waals surface area contributed by atoms with E-state index >= 15 is 0 Å². The van der Waals surface area contributed by atoms with Gasteiger partial charge in [-0.05, 0) is 24.1 Å². The van der Waals surface area contributed by atoms with Crippen molar-refractivity contribution in [2.45, 2.75) is 6.42 Å². The van der Waals surface area contributed by atoms with E-state index in [-0.39, 0.29) is 18.8 Å². The molecule has 0 aromatic heterocycles. The van der Waals surface area contributed by atoms with E-state index in [1.807, 2.05) is 0 Å². The zero-order valence-electron chi connectivity index (χ0n) is 8.44. The summed E-state index contributed by atoms with van der Waals surface area (Å²) in [7, 11) is 1.45. The molecular weight excluding hydrogens is 199 g/mol. The van der Waals surface area contributed by atoms with E-state index < -0.39 is 11.9 Å². The third-order valence-corrected chi connectivity index (χ3v) is 2.09. The predicted octanol–water partition coefficient (Wildman–Crippen LogP) is 1.72. The summed E-state index contributed by atoms with van der Waals surface area (Å²) >= 11 is 0. The molecule has 0 heterocycles. The quantitative estimate of drug-likeness (QED) is 0.808. The molecule has 0 bridgehead atoms. The van der Waals surface area contributed by atoms with Crippen LogP contribution in [0.1, 0.15) is 5.56 Å². The highest BCUT2D eigenvalue weighted by atomic mass is 19.1. The maximum absolute atomic E-state index is 12.8. The van der Waals surface area contributed by atoms with Crippen molar-refractivity contribution in [2.75, 3.05) is 13.7 Å². The molecule has 0 aliphatic rings. The molecule has 3 nitrogen and oxygen atoms in total. The van der Waals surface area contributed by atoms with Crippen LogP contribution in [0.3, 0.4) is 0 Å². The number of benzene rings is 1. The summed E-state index contributed by atoms with van der Waals surface area (Å²) in [5.74, 6) is -1.91. The van der Waals surface area contributed by atoms with E-state index in [4.69, 9.17) is 9.84 Å². The van der Waals surface area contributed by atoms with Gasteiger partial charge in [0.25, 0.3) is 0 Å². The van der Waals surface area contributed by atoms with Crippen LogP contribution in [0.2, 0.25) is 0 Å². The molecule has 1 aromatic rings. The topological polar surface area (TPSA) is 46.5 Å². The van der Waals surface area contributed by atoms with Crippen molar-refractivity contribution in [3.63, 3.8) is 0 Å². The number of halogens is 1. The molecular formula is C11H13FO3. The van der Waals surface area contributed by atoms with Crippen LogP contribution in [0.4, 0.5) is 4.39 Å². The number of carboxylic acid groups (broad SMARTS) is 1. The first kappa shape index (κ1) is 11.7. The summed E-state index contributed by atoms with van der Waals surface area (Å²) in [4.78, 5) is 10.8. The Bertz CT molecular complexity index is 338. The third kappa shape index (κ3) is 3.67. The number of ether oxygens (including phenoxy) is 1. The van der Waals surface area contributed by atoms with Crippen LogP contribution in [0.25, 0.3) is 0 Å². The monoisotopic (exact) mass is 212 g/mol. The molecule has 1 unspecified atom stereocenters. The van der Waals surface area contributed by atoms with Crippen molar-refractivity contribution < 1.29 is 19.0 Å². The van der Waals surface area contributed by atoms with Crippen LogP contribution in [0.15, 0.2) is 24.3 Å². The van der Waals surface area contributed by atoms with Crippen molar-refractivity contribution in [1.82, 2.24) is 0 Å². The Balaban J connectivity index is 2.69. The molecule has 1 N–H and O–H groups in total. The minimum atomic E-state index is -0.930. The van der Waals surface area contributed by atoms with Gasteiger partial charge < -0.3 is 9.84 Å². The van der Waals surface area contributed by atoms with Crippen LogP contribution < -0.4 is 0 Å². The van der Waals surface area contributed by atoms with Crippen LogP contribution in [0.5, 0.6) is 0 Å². The van der Waals surface area contributed by atoms with Crippen molar-refractivity contribution in [3.8, 4) is 0 Å². The van der Waals surface area contributed by atoms with E-state index in [0.29, 0.717) is 5.56 Å². The highest BCUT2D eigenvalue weighted by Crippen LogP contribution is 2.11. The number of hydrogen-bond acceptors (Lipinski definition) is 2. The lowest BCUT2D eigenvalue weighted by molar-refractivity contribution is -0.143. The summed E-state index contributed by atoms with van der Waals surface area (Å²) in [6.45, 7) is 0.131. The van der Waals surface area contributed by atoms with Crippen LogP contribution >= 0.6 is 0 Å². The largest absolute Gasteiger partial charge is 0.481 e. The molecule has 0 fully saturated rings. The number of hydrogen-bond donors (Lipinski definition) is 1. The Morgan fingerprint density at radius 1 is 1.60 bits per heavy atom. The SMILES string of the molecule is COCC(Cc1cccc(F)c1)C(=O)O. The zero-order chi connectivity index (χ0) is 11.3. The second-order valence-corrected chi connectivity index (χ2v) is 3.32. The molecule has 15 heavy (non-hydrogen) atoms. The average molecular weight is 212 g/mol. The number of methoxy groups -OCH3 is 1. The molecule has 4 heteroatoms. The number of carboxylic acids is 1. The Morgan fingerprint density at radius 2 is 2.33 bits per heavy atom. The lowest BCUT2D eigenvalue weighted by Crippen LogP contribution is -2.21. The summed E-state index contributed by atoms with van der Waals surface area (Å²) in [6, 6.07) is 5.94. The van der Waals surface area contributed by atoms with Crippen LogP contribution in [0, 0.1) is 11.7 Å². The lowest BCUT2D eigenvalue weighted by atomic mass is 10.0. The fourth-order valence-corrected chi connectivity index (χ4v) is 1.37. The Morgan fingerprint density at radius 3 is 2.87 bits per heavy atom. The molecule has 1 aromatic carbocycles. The van der Waals surface area contributed by atoms with Gasteiger partial charge in [0.15, 0.2) is 0 Å². The van der Waals surface area contributed by atoms with Gasteiger partial charge in [0.2, 0.25) is 0 Å². The molecule has 82 valence electrons. The Kier molecular flexibility index (Phi) is 4.24. The van der Waals surface area contributed by atoms with Gasteiger partial charge in [0.05, 0.1) is 12.5 Å². The van der Waals surface area contributed by atoms with E-state index in [2.05, 4.69) is 0 Å². The highest BCUT2D eigenvalue weighted by Gasteiger charge is 2.17. The molecule has 1 rings (SSSR count).